The second-order valence-corrected chi connectivity index (χ2v) is 11.2. The molecule has 3 aromatic carbocycles. The minimum absolute atomic E-state index is 0.0149. The van der Waals surface area contributed by atoms with E-state index in [1.54, 1.807) is 12.1 Å². The SMILES string of the molecule is O=C(O)c1cccc(Cn2c(=O)n(-c3ccc(C4CCN(C(=O)C5CCC5)CC4)cc3)c3c(F)c(Cl)ccc32)c1F. The summed E-state index contributed by atoms with van der Waals surface area (Å²) in [5.41, 5.74) is 0.504. The minimum Gasteiger partial charge on any atom is -0.478 e. The summed E-state index contributed by atoms with van der Waals surface area (Å²) in [6, 6.07) is 14.1. The topological polar surface area (TPSA) is 84.5 Å². The smallest absolute Gasteiger partial charge is 0.338 e. The molecular formula is C31H28ClF2N3O4. The van der Waals surface area contributed by atoms with Crippen molar-refractivity contribution in [3.05, 3.63) is 98.4 Å². The Labute approximate surface area is 239 Å². The van der Waals surface area contributed by atoms with Crippen molar-refractivity contribution < 1.29 is 23.5 Å². The number of aromatic carboxylic acids is 1. The number of hydrogen-bond acceptors (Lipinski definition) is 3. The van der Waals surface area contributed by atoms with Gasteiger partial charge >= 0.3 is 11.7 Å². The van der Waals surface area contributed by atoms with Crippen LogP contribution in [0, 0.1) is 17.6 Å². The fourth-order valence-electron chi connectivity index (χ4n) is 5.95. The molecule has 6 rings (SSSR count). The molecular weight excluding hydrogens is 552 g/mol. The summed E-state index contributed by atoms with van der Waals surface area (Å²) in [5, 5.41) is 9.13. The van der Waals surface area contributed by atoms with Crippen molar-refractivity contribution in [1.29, 1.82) is 0 Å². The summed E-state index contributed by atoms with van der Waals surface area (Å²) in [5.74, 6) is -2.43. The highest BCUT2D eigenvalue weighted by atomic mass is 35.5. The highest BCUT2D eigenvalue weighted by molar-refractivity contribution is 6.31. The molecule has 2 fully saturated rings. The largest absolute Gasteiger partial charge is 0.478 e. The molecule has 212 valence electrons. The highest BCUT2D eigenvalue weighted by Gasteiger charge is 2.32. The number of nitrogens with zero attached hydrogens (tertiary/aromatic N) is 3. The monoisotopic (exact) mass is 579 g/mol. The van der Waals surface area contributed by atoms with Gasteiger partial charge in [-0.3, -0.25) is 13.9 Å². The number of fused-ring (bicyclic) bond motifs is 1. The Hall–Kier alpha value is -3.98. The molecule has 1 saturated heterocycles. The van der Waals surface area contributed by atoms with Crippen LogP contribution < -0.4 is 5.69 Å². The predicted molar refractivity (Wildman–Crippen MR) is 151 cm³/mol. The Morgan fingerprint density at radius 3 is 2.27 bits per heavy atom. The van der Waals surface area contributed by atoms with Crippen molar-refractivity contribution in [2.45, 2.75) is 44.6 Å². The van der Waals surface area contributed by atoms with Crippen LogP contribution in [0.25, 0.3) is 16.7 Å². The number of piperidine rings is 1. The fraction of sp³-hybridized carbons (Fsp3) is 0.323. The summed E-state index contributed by atoms with van der Waals surface area (Å²) in [7, 11) is 0. The van der Waals surface area contributed by atoms with E-state index in [9.17, 15) is 23.9 Å². The zero-order valence-electron chi connectivity index (χ0n) is 22.2. The molecule has 0 atom stereocenters. The van der Waals surface area contributed by atoms with Gasteiger partial charge in [-0.15, -0.1) is 0 Å². The molecule has 10 heteroatoms. The summed E-state index contributed by atoms with van der Waals surface area (Å²) in [6.45, 7) is 1.14. The molecule has 0 radical (unpaired) electrons. The number of aromatic nitrogens is 2. The van der Waals surface area contributed by atoms with Gasteiger partial charge in [0.15, 0.2) is 5.82 Å². The van der Waals surface area contributed by atoms with Crippen LogP contribution >= 0.6 is 11.6 Å². The van der Waals surface area contributed by atoms with Crippen LogP contribution in [0.2, 0.25) is 5.02 Å². The van der Waals surface area contributed by atoms with Gasteiger partial charge in [0.2, 0.25) is 5.91 Å². The van der Waals surface area contributed by atoms with Crippen molar-refractivity contribution in [3.63, 3.8) is 0 Å². The molecule has 41 heavy (non-hydrogen) atoms. The molecule has 2 aliphatic rings. The lowest BCUT2D eigenvalue weighted by molar-refractivity contribution is -0.139. The lowest BCUT2D eigenvalue weighted by Gasteiger charge is -2.36. The highest BCUT2D eigenvalue weighted by Crippen LogP contribution is 2.34. The van der Waals surface area contributed by atoms with Gasteiger partial charge in [-0.2, -0.15) is 0 Å². The third kappa shape index (κ3) is 4.82. The molecule has 4 aromatic rings. The molecule has 1 aliphatic heterocycles. The normalized spacial score (nSPS) is 16.2. The van der Waals surface area contributed by atoms with Crippen LogP contribution in [0.3, 0.4) is 0 Å². The van der Waals surface area contributed by atoms with E-state index in [-0.39, 0.29) is 45.9 Å². The standard InChI is InChI=1S/C31H28ClF2N3O4/c32-24-11-12-25-28(27(24)34)37(31(41)36(25)17-21-5-2-6-23(26(21)33)30(39)40)22-9-7-18(8-10-22)19-13-15-35(16-14-19)29(38)20-3-1-4-20/h2,5-12,19-20H,1,3-4,13-17H2,(H,39,40). The first-order valence-corrected chi connectivity index (χ1v) is 14.1. The van der Waals surface area contributed by atoms with E-state index in [1.807, 2.05) is 17.0 Å². The molecule has 7 nitrogen and oxygen atoms in total. The van der Waals surface area contributed by atoms with Crippen molar-refractivity contribution >= 4 is 34.5 Å². The van der Waals surface area contributed by atoms with Gasteiger partial charge in [-0.25, -0.2) is 18.4 Å². The number of carbonyl (C=O) groups is 2. The lowest BCUT2D eigenvalue weighted by Crippen LogP contribution is -2.43. The average molecular weight is 580 g/mol. The van der Waals surface area contributed by atoms with Gasteiger partial charge in [0.25, 0.3) is 0 Å². The number of benzene rings is 3. The maximum Gasteiger partial charge on any atom is 0.338 e. The zero-order chi connectivity index (χ0) is 28.8. The van der Waals surface area contributed by atoms with E-state index >= 15 is 4.39 Å². The van der Waals surface area contributed by atoms with Gasteiger partial charge in [0.1, 0.15) is 11.3 Å². The molecule has 1 aliphatic carbocycles. The van der Waals surface area contributed by atoms with Crippen LogP contribution in [0.1, 0.15) is 59.5 Å². The number of halogens is 3. The number of rotatable bonds is 6. The van der Waals surface area contributed by atoms with Gasteiger partial charge in [-0.05, 0) is 67.5 Å². The third-order valence-corrected chi connectivity index (χ3v) is 8.80. The Kier molecular flexibility index (Phi) is 7.15. The zero-order valence-corrected chi connectivity index (χ0v) is 22.9. The number of likely N-dealkylation sites (tertiary alicyclic amines) is 1. The van der Waals surface area contributed by atoms with E-state index in [1.165, 1.54) is 33.4 Å². The van der Waals surface area contributed by atoms with Gasteiger partial charge < -0.3 is 10.0 Å². The van der Waals surface area contributed by atoms with E-state index in [0.29, 0.717) is 5.69 Å². The van der Waals surface area contributed by atoms with Gasteiger partial charge in [0.05, 0.1) is 28.3 Å². The third-order valence-electron chi connectivity index (χ3n) is 8.51. The maximum atomic E-state index is 15.4. The van der Waals surface area contributed by atoms with Crippen molar-refractivity contribution in [2.75, 3.05) is 13.1 Å². The molecule has 0 spiro atoms. The van der Waals surface area contributed by atoms with E-state index in [2.05, 4.69) is 0 Å². The van der Waals surface area contributed by atoms with Crippen molar-refractivity contribution in [2.24, 2.45) is 5.92 Å². The lowest BCUT2D eigenvalue weighted by atomic mass is 9.83. The van der Waals surface area contributed by atoms with E-state index in [0.717, 1.165) is 56.8 Å². The molecule has 1 saturated carbocycles. The first-order chi connectivity index (χ1) is 19.7. The van der Waals surface area contributed by atoms with E-state index < -0.39 is 28.9 Å². The number of imidazole rings is 1. The van der Waals surface area contributed by atoms with Crippen LogP contribution in [0.15, 0.2) is 59.4 Å². The summed E-state index contributed by atoms with van der Waals surface area (Å²) >= 11 is 6.09. The number of hydrogen-bond donors (Lipinski definition) is 1. The fourth-order valence-corrected chi connectivity index (χ4v) is 6.10. The molecule has 2 heterocycles. The van der Waals surface area contributed by atoms with Crippen LogP contribution in [-0.2, 0) is 11.3 Å². The van der Waals surface area contributed by atoms with Crippen LogP contribution in [-0.4, -0.2) is 44.1 Å². The average Bonchev–Trinajstić information content (AvgIpc) is 3.22. The number of carboxylic acid groups (broad SMARTS) is 1. The van der Waals surface area contributed by atoms with Crippen LogP contribution in [0.5, 0.6) is 0 Å². The second kappa shape index (κ2) is 10.8. The predicted octanol–water partition coefficient (Wildman–Crippen LogP) is 5.98. The molecule has 0 unspecified atom stereocenters. The number of carboxylic acids is 1. The molecule has 1 N–H and O–H groups in total. The first-order valence-electron chi connectivity index (χ1n) is 13.7. The quantitative estimate of drug-likeness (QED) is 0.305. The Bertz CT molecular complexity index is 1720. The molecule has 0 bridgehead atoms. The first kappa shape index (κ1) is 27.2. The van der Waals surface area contributed by atoms with E-state index in [4.69, 9.17) is 11.6 Å². The summed E-state index contributed by atoms with van der Waals surface area (Å²) in [4.78, 5) is 39.7. The minimum atomic E-state index is -1.42. The molecule has 1 amide bonds. The Morgan fingerprint density at radius 1 is 0.927 bits per heavy atom. The van der Waals surface area contributed by atoms with Crippen molar-refractivity contribution in [3.8, 4) is 5.69 Å². The Morgan fingerprint density at radius 2 is 1.63 bits per heavy atom. The maximum absolute atomic E-state index is 15.4. The Balaban J connectivity index is 1.32. The summed E-state index contributed by atoms with van der Waals surface area (Å²) < 4.78 is 32.8. The van der Waals surface area contributed by atoms with Crippen molar-refractivity contribution in [1.82, 2.24) is 14.0 Å². The summed E-state index contributed by atoms with van der Waals surface area (Å²) in [6.07, 6.45) is 4.81. The van der Waals surface area contributed by atoms with Crippen LogP contribution in [0.4, 0.5) is 8.78 Å². The number of amides is 1. The number of carbonyl (C=O) groups excluding carboxylic acids is 1. The second-order valence-electron chi connectivity index (χ2n) is 10.8. The van der Waals surface area contributed by atoms with Gasteiger partial charge in [-0.1, -0.05) is 42.3 Å². The molecule has 1 aromatic heterocycles. The van der Waals surface area contributed by atoms with Gasteiger partial charge in [0, 0.05) is 24.6 Å².